The summed E-state index contributed by atoms with van der Waals surface area (Å²) in [6.45, 7) is 4.26. The van der Waals surface area contributed by atoms with Crippen LogP contribution in [0.3, 0.4) is 0 Å². The molecular weight excluding hydrogens is 296 g/mol. The fourth-order valence-electron chi connectivity index (χ4n) is 2.68. The van der Waals surface area contributed by atoms with E-state index in [9.17, 15) is 9.59 Å². The lowest BCUT2D eigenvalue weighted by Crippen LogP contribution is -2.50. The fraction of sp³-hybridized carbons (Fsp3) is 0.529. The van der Waals surface area contributed by atoms with E-state index >= 15 is 0 Å². The third kappa shape index (κ3) is 3.94. The molecule has 0 bridgehead atoms. The summed E-state index contributed by atoms with van der Waals surface area (Å²) in [5.41, 5.74) is 0.515. The van der Waals surface area contributed by atoms with Gasteiger partial charge in [-0.2, -0.15) is 0 Å². The van der Waals surface area contributed by atoms with Crippen LogP contribution in [0.25, 0.3) is 0 Å². The maximum Gasteiger partial charge on any atom is 0.257 e. The minimum Gasteiger partial charge on any atom is -0.497 e. The van der Waals surface area contributed by atoms with Gasteiger partial charge in [0.2, 0.25) is 5.91 Å². The van der Waals surface area contributed by atoms with Crippen LogP contribution in [-0.2, 0) is 4.79 Å². The first-order valence-corrected chi connectivity index (χ1v) is 7.89. The van der Waals surface area contributed by atoms with Gasteiger partial charge in [0.05, 0.1) is 19.8 Å². The first-order valence-electron chi connectivity index (χ1n) is 7.89. The molecule has 0 saturated carbocycles. The van der Waals surface area contributed by atoms with Crippen LogP contribution in [0.5, 0.6) is 11.5 Å². The molecule has 6 nitrogen and oxygen atoms in total. The zero-order chi connectivity index (χ0) is 16.8. The van der Waals surface area contributed by atoms with Gasteiger partial charge in [-0.15, -0.1) is 0 Å². The highest BCUT2D eigenvalue weighted by atomic mass is 16.5. The van der Waals surface area contributed by atoms with Crippen LogP contribution >= 0.6 is 0 Å². The lowest BCUT2D eigenvalue weighted by Gasteiger charge is -2.35. The molecule has 1 aliphatic rings. The van der Waals surface area contributed by atoms with Crippen molar-refractivity contribution in [2.24, 2.45) is 0 Å². The molecule has 6 heteroatoms. The van der Waals surface area contributed by atoms with Crippen molar-refractivity contribution in [1.29, 1.82) is 0 Å². The molecule has 2 amide bonds. The van der Waals surface area contributed by atoms with Crippen molar-refractivity contribution in [3.63, 3.8) is 0 Å². The Morgan fingerprint density at radius 3 is 2.26 bits per heavy atom. The number of carbonyl (C=O) groups excluding carboxylic acids is 2. The number of amides is 2. The maximum absolute atomic E-state index is 12.7. The lowest BCUT2D eigenvalue weighted by atomic mass is 10.1. The molecule has 126 valence electrons. The highest BCUT2D eigenvalue weighted by Crippen LogP contribution is 2.26. The van der Waals surface area contributed by atoms with Crippen LogP contribution in [0, 0.1) is 0 Å². The second kappa shape index (κ2) is 7.85. The first kappa shape index (κ1) is 17.1. The summed E-state index contributed by atoms with van der Waals surface area (Å²) < 4.78 is 10.5. The lowest BCUT2D eigenvalue weighted by molar-refractivity contribution is -0.132. The van der Waals surface area contributed by atoms with Gasteiger partial charge < -0.3 is 19.3 Å². The van der Waals surface area contributed by atoms with E-state index < -0.39 is 0 Å². The van der Waals surface area contributed by atoms with E-state index in [4.69, 9.17) is 9.47 Å². The van der Waals surface area contributed by atoms with Crippen molar-refractivity contribution in [3.8, 4) is 11.5 Å². The molecule has 1 aromatic carbocycles. The molecule has 1 saturated heterocycles. The fourth-order valence-corrected chi connectivity index (χ4v) is 2.68. The molecule has 0 N–H and O–H groups in total. The normalized spacial score (nSPS) is 14.6. The van der Waals surface area contributed by atoms with Gasteiger partial charge in [-0.05, 0) is 18.6 Å². The third-order valence-electron chi connectivity index (χ3n) is 4.02. The first-order chi connectivity index (χ1) is 11.1. The quantitative estimate of drug-likeness (QED) is 0.830. The molecule has 0 aliphatic carbocycles. The Labute approximate surface area is 137 Å². The molecule has 23 heavy (non-hydrogen) atoms. The van der Waals surface area contributed by atoms with Gasteiger partial charge in [0, 0.05) is 38.7 Å². The van der Waals surface area contributed by atoms with Gasteiger partial charge in [-0.25, -0.2) is 0 Å². The summed E-state index contributed by atoms with van der Waals surface area (Å²) in [5, 5.41) is 0. The molecule has 1 heterocycles. The van der Waals surface area contributed by atoms with Crippen molar-refractivity contribution in [3.05, 3.63) is 23.8 Å². The molecule has 1 aliphatic heterocycles. The Morgan fingerprint density at radius 2 is 1.70 bits per heavy atom. The predicted octanol–water partition coefficient (Wildman–Crippen LogP) is 1.79. The molecule has 0 atom stereocenters. The number of ether oxygens (including phenoxy) is 2. The van der Waals surface area contributed by atoms with Crippen LogP contribution in [0.1, 0.15) is 30.1 Å². The second-order valence-corrected chi connectivity index (χ2v) is 5.49. The number of benzene rings is 1. The van der Waals surface area contributed by atoms with Gasteiger partial charge in [0.25, 0.3) is 5.91 Å². The summed E-state index contributed by atoms with van der Waals surface area (Å²) in [6.07, 6.45) is 1.42. The number of nitrogens with zero attached hydrogens (tertiary/aromatic N) is 2. The molecule has 0 radical (unpaired) electrons. The zero-order valence-corrected chi connectivity index (χ0v) is 14.0. The highest BCUT2D eigenvalue weighted by Gasteiger charge is 2.26. The number of hydrogen-bond acceptors (Lipinski definition) is 4. The van der Waals surface area contributed by atoms with E-state index in [0.29, 0.717) is 49.7 Å². The van der Waals surface area contributed by atoms with E-state index in [2.05, 4.69) is 0 Å². The third-order valence-corrected chi connectivity index (χ3v) is 4.02. The Balaban J connectivity index is 2.04. The van der Waals surface area contributed by atoms with Crippen LogP contribution in [0.2, 0.25) is 0 Å². The Bertz CT molecular complexity index is 566. The highest BCUT2D eigenvalue weighted by molar-refractivity contribution is 5.97. The summed E-state index contributed by atoms with van der Waals surface area (Å²) >= 11 is 0. The standard InChI is InChI=1S/C17H24N2O4/c1-4-5-16(20)18-8-10-19(11-9-18)17(21)14-7-6-13(22-2)12-15(14)23-3/h6-7,12H,4-5,8-11H2,1-3H3. The summed E-state index contributed by atoms with van der Waals surface area (Å²) in [5.74, 6) is 1.24. The minimum atomic E-state index is -0.0768. The van der Waals surface area contributed by atoms with E-state index in [1.165, 1.54) is 7.11 Å². The molecular formula is C17H24N2O4. The van der Waals surface area contributed by atoms with E-state index in [-0.39, 0.29) is 11.8 Å². The average molecular weight is 320 g/mol. The zero-order valence-electron chi connectivity index (χ0n) is 14.0. The topological polar surface area (TPSA) is 59.1 Å². The van der Waals surface area contributed by atoms with Crippen LogP contribution in [0.4, 0.5) is 0 Å². The molecule has 1 fully saturated rings. The van der Waals surface area contributed by atoms with Gasteiger partial charge in [0.1, 0.15) is 11.5 Å². The maximum atomic E-state index is 12.7. The Hall–Kier alpha value is -2.24. The molecule has 1 aromatic rings. The largest absolute Gasteiger partial charge is 0.497 e. The predicted molar refractivity (Wildman–Crippen MR) is 86.9 cm³/mol. The smallest absolute Gasteiger partial charge is 0.257 e. The van der Waals surface area contributed by atoms with Crippen LogP contribution < -0.4 is 9.47 Å². The monoisotopic (exact) mass is 320 g/mol. The van der Waals surface area contributed by atoms with Gasteiger partial charge in [-0.1, -0.05) is 6.92 Å². The number of hydrogen-bond donors (Lipinski definition) is 0. The number of piperazine rings is 1. The van der Waals surface area contributed by atoms with E-state index in [1.807, 2.05) is 11.8 Å². The van der Waals surface area contributed by atoms with E-state index in [0.717, 1.165) is 6.42 Å². The average Bonchev–Trinajstić information content (AvgIpc) is 2.60. The molecule has 0 unspecified atom stereocenters. The van der Waals surface area contributed by atoms with Crippen molar-refractivity contribution in [2.75, 3.05) is 40.4 Å². The minimum absolute atomic E-state index is 0.0768. The number of carbonyl (C=O) groups is 2. The van der Waals surface area contributed by atoms with Crippen molar-refractivity contribution in [1.82, 2.24) is 9.80 Å². The van der Waals surface area contributed by atoms with E-state index in [1.54, 1.807) is 30.2 Å². The SMILES string of the molecule is CCCC(=O)N1CCN(C(=O)c2ccc(OC)cc2OC)CC1. The van der Waals surface area contributed by atoms with Crippen molar-refractivity contribution in [2.45, 2.75) is 19.8 Å². The summed E-state index contributed by atoms with van der Waals surface area (Å²) in [4.78, 5) is 28.2. The summed E-state index contributed by atoms with van der Waals surface area (Å²) in [7, 11) is 3.11. The van der Waals surface area contributed by atoms with Crippen LogP contribution in [0.15, 0.2) is 18.2 Å². The Morgan fingerprint density at radius 1 is 1.04 bits per heavy atom. The molecule has 2 rings (SSSR count). The molecule has 0 spiro atoms. The van der Waals surface area contributed by atoms with Crippen LogP contribution in [-0.4, -0.2) is 62.0 Å². The van der Waals surface area contributed by atoms with Gasteiger partial charge in [0.15, 0.2) is 0 Å². The molecule has 0 aromatic heterocycles. The van der Waals surface area contributed by atoms with Crippen molar-refractivity contribution >= 4 is 11.8 Å². The Kier molecular flexibility index (Phi) is 5.84. The van der Waals surface area contributed by atoms with Gasteiger partial charge >= 0.3 is 0 Å². The number of methoxy groups -OCH3 is 2. The van der Waals surface area contributed by atoms with Gasteiger partial charge in [-0.3, -0.25) is 9.59 Å². The van der Waals surface area contributed by atoms with Crippen molar-refractivity contribution < 1.29 is 19.1 Å². The summed E-state index contributed by atoms with van der Waals surface area (Å²) in [6, 6.07) is 5.17. The number of rotatable bonds is 5. The second-order valence-electron chi connectivity index (χ2n) is 5.49.